The molecule has 0 spiro atoms. The van der Waals surface area contributed by atoms with Crippen molar-refractivity contribution < 1.29 is 19.0 Å². The van der Waals surface area contributed by atoms with Crippen molar-refractivity contribution >= 4 is 11.7 Å². The van der Waals surface area contributed by atoms with Gasteiger partial charge in [0.15, 0.2) is 11.5 Å². The molecule has 1 aromatic carbocycles. The standard InChI is InChI=1S/C17H22N4O4/c1-20(11-13-3-4-15-16(9-13)25-8-7-24-15)17(22)19-14-10-18-21(12-14)5-6-23-2/h3-4,9-10,12H,5-8,11H2,1-2H3,(H,19,22). The topological polar surface area (TPSA) is 77.9 Å². The lowest BCUT2D eigenvalue weighted by molar-refractivity contribution is 0.171. The number of fused-ring (bicyclic) bond motifs is 1. The zero-order valence-electron chi connectivity index (χ0n) is 14.4. The lowest BCUT2D eigenvalue weighted by Gasteiger charge is -2.21. The molecule has 1 aliphatic rings. The fourth-order valence-electron chi connectivity index (χ4n) is 2.49. The van der Waals surface area contributed by atoms with Gasteiger partial charge in [-0.1, -0.05) is 6.07 Å². The van der Waals surface area contributed by atoms with Gasteiger partial charge >= 0.3 is 6.03 Å². The number of benzene rings is 1. The molecular formula is C17H22N4O4. The van der Waals surface area contributed by atoms with E-state index in [0.717, 1.165) is 17.1 Å². The molecule has 0 bridgehead atoms. The number of urea groups is 1. The van der Waals surface area contributed by atoms with E-state index in [1.807, 2.05) is 18.2 Å². The number of aromatic nitrogens is 2. The summed E-state index contributed by atoms with van der Waals surface area (Å²) in [5, 5.41) is 7.00. The van der Waals surface area contributed by atoms with E-state index in [2.05, 4.69) is 10.4 Å². The highest BCUT2D eigenvalue weighted by atomic mass is 16.6. The summed E-state index contributed by atoms with van der Waals surface area (Å²) >= 11 is 0. The van der Waals surface area contributed by atoms with Gasteiger partial charge in [0.1, 0.15) is 13.2 Å². The van der Waals surface area contributed by atoms with Crippen molar-refractivity contribution in [1.82, 2.24) is 14.7 Å². The van der Waals surface area contributed by atoms with Gasteiger partial charge in [-0.3, -0.25) is 4.68 Å². The number of carbonyl (C=O) groups excluding carboxylic acids is 1. The van der Waals surface area contributed by atoms with Crippen molar-refractivity contribution in [3.8, 4) is 11.5 Å². The van der Waals surface area contributed by atoms with E-state index >= 15 is 0 Å². The fourth-order valence-corrected chi connectivity index (χ4v) is 2.49. The third-order valence-corrected chi connectivity index (χ3v) is 3.78. The van der Waals surface area contributed by atoms with Gasteiger partial charge in [-0.05, 0) is 17.7 Å². The molecule has 8 heteroatoms. The molecule has 2 aromatic rings. The number of nitrogens with one attached hydrogen (secondary N) is 1. The van der Waals surface area contributed by atoms with Crippen LogP contribution in [-0.4, -0.2) is 54.7 Å². The monoisotopic (exact) mass is 346 g/mol. The maximum atomic E-state index is 12.3. The Balaban J connectivity index is 1.56. The summed E-state index contributed by atoms with van der Waals surface area (Å²) < 4.78 is 17.8. The summed E-state index contributed by atoms with van der Waals surface area (Å²) in [5.74, 6) is 1.46. The second kappa shape index (κ2) is 7.89. The summed E-state index contributed by atoms with van der Waals surface area (Å²) in [6.07, 6.45) is 3.39. The second-order valence-corrected chi connectivity index (χ2v) is 5.75. The van der Waals surface area contributed by atoms with Crippen molar-refractivity contribution in [2.24, 2.45) is 0 Å². The van der Waals surface area contributed by atoms with Gasteiger partial charge in [0.05, 0.1) is 25.0 Å². The molecule has 2 amide bonds. The number of methoxy groups -OCH3 is 1. The molecule has 0 saturated heterocycles. The Morgan fingerprint density at radius 1 is 1.36 bits per heavy atom. The van der Waals surface area contributed by atoms with Crippen LogP contribution in [-0.2, 0) is 17.8 Å². The summed E-state index contributed by atoms with van der Waals surface area (Å²) in [4.78, 5) is 13.9. The number of ether oxygens (including phenoxy) is 3. The zero-order chi connectivity index (χ0) is 17.6. The van der Waals surface area contributed by atoms with Gasteiger partial charge in [-0.2, -0.15) is 5.10 Å². The molecule has 25 heavy (non-hydrogen) atoms. The maximum Gasteiger partial charge on any atom is 0.321 e. The first-order valence-corrected chi connectivity index (χ1v) is 8.08. The maximum absolute atomic E-state index is 12.3. The minimum absolute atomic E-state index is 0.207. The molecule has 0 aliphatic carbocycles. The van der Waals surface area contributed by atoms with Crippen LogP contribution in [0.15, 0.2) is 30.6 Å². The number of anilines is 1. The third kappa shape index (κ3) is 4.42. The van der Waals surface area contributed by atoms with Crippen LogP contribution in [0.25, 0.3) is 0 Å². The number of carbonyl (C=O) groups is 1. The van der Waals surface area contributed by atoms with E-state index in [1.165, 1.54) is 0 Å². The minimum atomic E-state index is -0.207. The molecule has 1 aromatic heterocycles. The van der Waals surface area contributed by atoms with Crippen LogP contribution in [0.2, 0.25) is 0 Å². The zero-order valence-corrected chi connectivity index (χ0v) is 14.4. The lowest BCUT2D eigenvalue weighted by atomic mass is 10.2. The van der Waals surface area contributed by atoms with Crippen LogP contribution in [0.4, 0.5) is 10.5 Å². The van der Waals surface area contributed by atoms with E-state index in [-0.39, 0.29) is 6.03 Å². The van der Waals surface area contributed by atoms with Gasteiger partial charge < -0.3 is 24.4 Å². The molecule has 0 atom stereocenters. The Kier molecular flexibility index (Phi) is 5.39. The first-order valence-electron chi connectivity index (χ1n) is 8.08. The van der Waals surface area contributed by atoms with E-state index in [4.69, 9.17) is 14.2 Å². The van der Waals surface area contributed by atoms with E-state index in [0.29, 0.717) is 38.6 Å². The number of nitrogens with zero attached hydrogens (tertiary/aromatic N) is 3. The highest BCUT2D eigenvalue weighted by molar-refractivity contribution is 5.88. The Morgan fingerprint density at radius 3 is 2.96 bits per heavy atom. The molecule has 2 heterocycles. The third-order valence-electron chi connectivity index (χ3n) is 3.78. The predicted molar refractivity (Wildman–Crippen MR) is 92.0 cm³/mol. The van der Waals surface area contributed by atoms with Crippen LogP contribution in [0, 0.1) is 0 Å². The number of hydrogen-bond acceptors (Lipinski definition) is 5. The van der Waals surface area contributed by atoms with Crippen molar-refractivity contribution in [2.75, 3.05) is 39.3 Å². The summed E-state index contributed by atoms with van der Waals surface area (Å²) in [5.41, 5.74) is 1.62. The number of hydrogen-bond donors (Lipinski definition) is 1. The van der Waals surface area contributed by atoms with Crippen molar-refractivity contribution in [3.63, 3.8) is 0 Å². The first-order chi connectivity index (χ1) is 12.2. The van der Waals surface area contributed by atoms with Crippen LogP contribution in [0.3, 0.4) is 0 Å². The minimum Gasteiger partial charge on any atom is -0.486 e. The second-order valence-electron chi connectivity index (χ2n) is 5.75. The molecular weight excluding hydrogens is 324 g/mol. The summed E-state index contributed by atoms with van der Waals surface area (Å²) in [7, 11) is 3.38. The Labute approximate surface area is 146 Å². The van der Waals surface area contributed by atoms with Crippen LogP contribution >= 0.6 is 0 Å². The summed E-state index contributed by atoms with van der Waals surface area (Å²) in [6, 6.07) is 5.50. The largest absolute Gasteiger partial charge is 0.486 e. The highest BCUT2D eigenvalue weighted by Gasteiger charge is 2.15. The molecule has 0 unspecified atom stereocenters. The van der Waals surface area contributed by atoms with E-state index in [1.54, 1.807) is 36.1 Å². The van der Waals surface area contributed by atoms with Crippen molar-refractivity contribution in [2.45, 2.75) is 13.1 Å². The molecule has 0 radical (unpaired) electrons. The van der Waals surface area contributed by atoms with Crippen LogP contribution in [0.1, 0.15) is 5.56 Å². The van der Waals surface area contributed by atoms with Gasteiger partial charge in [0, 0.05) is 26.9 Å². The van der Waals surface area contributed by atoms with Crippen molar-refractivity contribution in [3.05, 3.63) is 36.2 Å². The quantitative estimate of drug-likeness (QED) is 0.865. The molecule has 0 fully saturated rings. The average molecular weight is 346 g/mol. The fraction of sp³-hybridized carbons (Fsp3) is 0.412. The molecule has 8 nitrogen and oxygen atoms in total. The van der Waals surface area contributed by atoms with Crippen molar-refractivity contribution in [1.29, 1.82) is 0 Å². The van der Waals surface area contributed by atoms with Gasteiger partial charge in [0.25, 0.3) is 0 Å². The SMILES string of the molecule is COCCn1cc(NC(=O)N(C)Cc2ccc3c(c2)OCCO3)cn1. The molecule has 134 valence electrons. The molecule has 1 aliphatic heterocycles. The number of amides is 2. The molecule has 0 saturated carbocycles. The van der Waals surface area contributed by atoms with Gasteiger partial charge in [-0.25, -0.2) is 4.79 Å². The highest BCUT2D eigenvalue weighted by Crippen LogP contribution is 2.31. The smallest absolute Gasteiger partial charge is 0.321 e. The average Bonchev–Trinajstić information content (AvgIpc) is 3.07. The number of rotatable bonds is 6. The Bertz CT molecular complexity index is 731. The van der Waals surface area contributed by atoms with E-state index in [9.17, 15) is 4.79 Å². The first kappa shape index (κ1) is 17.1. The predicted octanol–water partition coefficient (Wildman–Crippen LogP) is 1.96. The molecule has 3 rings (SSSR count). The van der Waals surface area contributed by atoms with Crippen LogP contribution < -0.4 is 14.8 Å². The normalized spacial score (nSPS) is 12.7. The summed E-state index contributed by atoms with van der Waals surface area (Å²) in [6.45, 7) is 2.77. The Hall–Kier alpha value is -2.74. The Morgan fingerprint density at radius 2 is 2.16 bits per heavy atom. The lowest BCUT2D eigenvalue weighted by Crippen LogP contribution is -2.30. The van der Waals surface area contributed by atoms with Crippen LogP contribution in [0.5, 0.6) is 11.5 Å². The van der Waals surface area contributed by atoms with E-state index < -0.39 is 0 Å². The van der Waals surface area contributed by atoms with Gasteiger partial charge in [-0.15, -0.1) is 0 Å². The van der Waals surface area contributed by atoms with Gasteiger partial charge in [0.2, 0.25) is 0 Å². The molecule has 1 N–H and O–H groups in total.